The number of benzene rings is 5. The average molecular weight is 521 g/mol. The summed E-state index contributed by atoms with van der Waals surface area (Å²) in [4.78, 5) is 12.8. The van der Waals surface area contributed by atoms with Crippen molar-refractivity contribution in [2.24, 2.45) is 5.10 Å². The highest BCUT2D eigenvalue weighted by atomic mass is 35.5. The number of fused-ring (bicyclic) bond motifs is 1. The molecule has 0 aromatic heterocycles. The van der Waals surface area contributed by atoms with Crippen molar-refractivity contribution in [3.63, 3.8) is 0 Å². The fourth-order valence-corrected chi connectivity index (χ4v) is 4.23. The highest BCUT2D eigenvalue weighted by molar-refractivity contribution is 6.31. The number of para-hydroxylation sites is 1. The quantitative estimate of drug-likeness (QED) is 0.162. The minimum atomic E-state index is -0.376. The van der Waals surface area contributed by atoms with Crippen LogP contribution in [0, 0.1) is 0 Å². The molecule has 0 radical (unpaired) electrons. The first-order chi connectivity index (χ1) is 18.7. The number of carbonyl (C=O) groups excluding carboxylic acids is 1. The minimum Gasteiger partial charge on any atom is -0.489 e. The Balaban J connectivity index is 1.20. The van der Waals surface area contributed by atoms with E-state index in [1.54, 1.807) is 30.5 Å². The van der Waals surface area contributed by atoms with Crippen LogP contribution >= 0.6 is 11.6 Å². The average Bonchev–Trinajstić information content (AvgIpc) is 2.96. The normalized spacial score (nSPS) is 11.0. The van der Waals surface area contributed by atoms with Gasteiger partial charge in [0.25, 0.3) is 5.91 Å². The Labute approximate surface area is 226 Å². The maximum Gasteiger partial charge on any atom is 0.275 e. The number of halogens is 1. The molecular formula is C32H25ClN2O3. The van der Waals surface area contributed by atoms with E-state index in [0.717, 1.165) is 16.7 Å². The lowest BCUT2D eigenvalue weighted by atomic mass is 10.1. The topological polar surface area (TPSA) is 59.9 Å². The second kappa shape index (κ2) is 12.1. The van der Waals surface area contributed by atoms with Crippen molar-refractivity contribution < 1.29 is 14.3 Å². The molecule has 0 saturated carbocycles. The van der Waals surface area contributed by atoms with E-state index < -0.39 is 0 Å². The summed E-state index contributed by atoms with van der Waals surface area (Å²) in [5, 5.41) is 7.10. The largest absolute Gasteiger partial charge is 0.489 e. The third kappa shape index (κ3) is 6.20. The van der Waals surface area contributed by atoms with Gasteiger partial charge in [-0.15, -0.1) is 0 Å². The predicted molar refractivity (Wildman–Crippen MR) is 152 cm³/mol. The molecule has 38 heavy (non-hydrogen) atoms. The molecule has 5 aromatic carbocycles. The number of hydrogen-bond acceptors (Lipinski definition) is 4. The van der Waals surface area contributed by atoms with Gasteiger partial charge < -0.3 is 9.47 Å². The van der Waals surface area contributed by atoms with Crippen LogP contribution in [-0.2, 0) is 13.2 Å². The zero-order valence-corrected chi connectivity index (χ0v) is 21.3. The molecule has 188 valence electrons. The molecule has 0 aliphatic carbocycles. The smallest absolute Gasteiger partial charge is 0.275 e. The molecule has 0 fully saturated rings. The number of rotatable bonds is 9. The van der Waals surface area contributed by atoms with Crippen LogP contribution in [0.15, 0.2) is 120 Å². The van der Waals surface area contributed by atoms with Gasteiger partial charge >= 0.3 is 0 Å². The van der Waals surface area contributed by atoms with E-state index >= 15 is 0 Å². The molecule has 6 heteroatoms. The highest BCUT2D eigenvalue weighted by Crippen LogP contribution is 2.23. The van der Waals surface area contributed by atoms with E-state index in [-0.39, 0.29) is 12.5 Å². The van der Waals surface area contributed by atoms with Crippen LogP contribution < -0.4 is 14.9 Å². The molecule has 0 aliphatic heterocycles. The van der Waals surface area contributed by atoms with E-state index in [2.05, 4.69) is 34.8 Å². The Bertz CT molecular complexity index is 1590. The predicted octanol–water partition coefficient (Wildman–Crippen LogP) is 7.42. The number of nitrogens with one attached hydrogen (secondary N) is 1. The Hall–Kier alpha value is -4.61. The van der Waals surface area contributed by atoms with Crippen LogP contribution in [0.2, 0.25) is 5.02 Å². The van der Waals surface area contributed by atoms with Crippen molar-refractivity contribution in [1.29, 1.82) is 0 Å². The monoisotopic (exact) mass is 520 g/mol. The third-order valence-electron chi connectivity index (χ3n) is 5.98. The summed E-state index contributed by atoms with van der Waals surface area (Å²) in [6.45, 7) is 0.697. The number of ether oxygens (including phenoxy) is 2. The Morgan fingerprint density at radius 3 is 2.39 bits per heavy atom. The first-order valence-corrected chi connectivity index (χ1v) is 12.5. The first-order valence-electron chi connectivity index (χ1n) is 12.2. The Morgan fingerprint density at radius 2 is 1.47 bits per heavy atom. The number of hydrazone groups is 1. The van der Waals surface area contributed by atoms with Crippen LogP contribution in [-0.4, -0.2) is 12.1 Å². The second-order valence-corrected chi connectivity index (χ2v) is 8.98. The fraction of sp³-hybridized carbons (Fsp3) is 0.0625. The molecular weight excluding hydrogens is 496 g/mol. The number of amides is 1. The van der Waals surface area contributed by atoms with Gasteiger partial charge in [-0.25, -0.2) is 5.43 Å². The summed E-state index contributed by atoms with van der Waals surface area (Å²) in [7, 11) is 0. The van der Waals surface area contributed by atoms with E-state index in [0.29, 0.717) is 28.7 Å². The summed E-state index contributed by atoms with van der Waals surface area (Å²) in [5.74, 6) is 0.787. The van der Waals surface area contributed by atoms with Crippen molar-refractivity contribution >= 4 is 34.5 Å². The molecule has 1 N–H and O–H groups in total. The Morgan fingerprint density at radius 1 is 0.763 bits per heavy atom. The second-order valence-electron chi connectivity index (χ2n) is 8.57. The number of carbonyl (C=O) groups is 1. The van der Waals surface area contributed by atoms with E-state index in [4.69, 9.17) is 21.1 Å². The van der Waals surface area contributed by atoms with Crippen LogP contribution in [0.25, 0.3) is 10.8 Å². The van der Waals surface area contributed by atoms with Crippen LogP contribution in [0.5, 0.6) is 11.5 Å². The van der Waals surface area contributed by atoms with Gasteiger partial charge in [-0.3, -0.25) is 4.79 Å². The molecule has 0 aliphatic rings. The van der Waals surface area contributed by atoms with Gasteiger partial charge in [-0.05, 0) is 52.2 Å². The van der Waals surface area contributed by atoms with Gasteiger partial charge in [-0.1, -0.05) is 96.5 Å². The maximum atomic E-state index is 12.8. The Kier molecular flexibility index (Phi) is 7.97. The van der Waals surface area contributed by atoms with Crippen LogP contribution in [0.4, 0.5) is 0 Å². The first kappa shape index (κ1) is 25.1. The molecule has 0 saturated heterocycles. The summed E-state index contributed by atoms with van der Waals surface area (Å²) in [5.41, 5.74) is 5.71. The zero-order valence-electron chi connectivity index (χ0n) is 20.5. The van der Waals surface area contributed by atoms with Crippen LogP contribution in [0.1, 0.15) is 27.0 Å². The molecule has 0 atom stereocenters. The highest BCUT2D eigenvalue weighted by Gasteiger charge is 2.12. The van der Waals surface area contributed by atoms with Gasteiger partial charge in [-0.2, -0.15) is 5.10 Å². The summed E-state index contributed by atoms with van der Waals surface area (Å²) in [6.07, 6.45) is 1.58. The van der Waals surface area contributed by atoms with Gasteiger partial charge in [0, 0.05) is 10.6 Å². The lowest BCUT2D eigenvalue weighted by Gasteiger charge is -2.11. The molecule has 5 rings (SSSR count). The summed E-state index contributed by atoms with van der Waals surface area (Å²) < 4.78 is 11.9. The third-order valence-corrected chi connectivity index (χ3v) is 6.35. The lowest BCUT2D eigenvalue weighted by molar-refractivity contribution is 0.0950. The molecule has 5 aromatic rings. The van der Waals surface area contributed by atoms with Crippen LogP contribution in [0.3, 0.4) is 0 Å². The van der Waals surface area contributed by atoms with E-state index in [9.17, 15) is 4.79 Å². The number of nitrogens with zero attached hydrogens (tertiary/aromatic N) is 1. The van der Waals surface area contributed by atoms with Gasteiger partial charge in [0.1, 0.15) is 24.7 Å². The van der Waals surface area contributed by atoms with Crippen molar-refractivity contribution in [1.82, 2.24) is 5.43 Å². The summed E-state index contributed by atoms with van der Waals surface area (Å²) in [6, 6.07) is 36.4. The standard InChI is InChI=1S/C32H25ClN2O3/c33-30-17-5-2-11-26(30)22-38-31-18-6-4-16-29(31)32(36)35-34-20-23-9-7-14-27(19-23)37-21-25-13-8-12-24-10-1-3-15-28(24)25/h1-20H,21-22H2,(H,35,36)/b34-20+. The minimum absolute atomic E-state index is 0.249. The van der Waals surface area contributed by atoms with E-state index in [1.807, 2.05) is 66.7 Å². The molecule has 5 nitrogen and oxygen atoms in total. The van der Waals surface area contributed by atoms with E-state index in [1.165, 1.54) is 10.8 Å². The van der Waals surface area contributed by atoms with Crippen molar-refractivity contribution in [3.8, 4) is 11.5 Å². The number of hydrogen-bond donors (Lipinski definition) is 1. The summed E-state index contributed by atoms with van der Waals surface area (Å²) >= 11 is 6.22. The SMILES string of the molecule is O=C(N/N=C/c1cccc(OCc2cccc3ccccc23)c1)c1ccccc1OCc1ccccc1Cl. The fourth-order valence-electron chi connectivity index (χ4n) is 4.04. The molecule has 0 unspecified atom stereocenters. The maximum absolute atomic E-state index is 12.8. The zero-order chi connectivity index (χ0) is 26.2. The molecule has 0 bridgehead atoms. The lowest BCUT2D eigenvalue weighted by Crippen LogP contribution is -2.18. The van der Waals surface area contributed by atoms with Crippen molar-refractivity contribution in [2.75, 3.05) is 0 Å². The van der Waals surface area contributed by atoms with Gasteiger partial charge in [0.2, 0.25) is 0 Å². The van der Waals surface area contributed by atoms with Crippen molar-refractivity contribution in [2.45, 2.75) is 13.2 Å². The van der Waals surface area contributed by atoms with Crippen molar-refractivity contribution in [3.05, 3.63) is 143 Å². The molecule has 1 amide bonds. The molecule has 0 spiro atoms. The molecule has 0 heterocycles. The van der Waals surface area contributed by atoms with Gasteiger partial charge in [0.15, 0.2) is 0 Å². The van der Waals surface area contributed by atoms with Gasteiger partial charge in [0.05, 0.1) is 11.8 Å².